The van der Waals surface area contributed by atoms with Gasteiger partial charge in [0.2, 0.25) is 0 Å². The first-order valence-electron chi connectivity index (χ1n) is 8.21. The number of nitrogens with zero attached hydrogens (tertiary/aromatic N) is 1. The number of rotatable bonds is 6. The number of likely N-dealkylation sites (N-methyl/N-ethyl adjacent to an activating group) is 1. The maximum absolute atomic E-state index is 4.21. The zero-order valence-corrected chi connectivity index (χ0v) is 12.8. The van der Waals surface area contributed by atoms with Crippen LogP contribution >= 0.6 is 0 Å². The molecule has 1 aromatic heterocycles. The van der Waals surface area contributed by atoms with E-state index < -0.39 is 0 Å². The minimum Gasteiger partial charge on any atom is -0.311 e. The van der Waals surface area contributed by atoms with Gasteiger partial charge in [-0.3, -0.25) is 4.98 Å². The molecule has 0 saturated heterocycles. The summed E-state index contributed by atoms with van der Waals surface area (Å²) in [5, 5.41) is 3.68. The molecular formula is C18H28N2. The van der Waals surface area contributed by atoms with Crippen LogP contribution < -0.4 is 5.32 Å². The van der Waals surface area contributed by atoms with Crippen LogP contribution in [-0.4, -0.2) is 17.6 Å². The molecule has 0 spiro atoms. The molecule has 0 amide bonds. The highest BCUT2D eigenvalue weighted by Crippen LogP contribution is 2.22. The summed E-state index contributed by atoms with van der Waals surface area (Å²) >= 11 is 0. The second-order valence-corrected chi connectivity index (χ2v) is 5.74. The number of hydrogen-bond acceptors (Lipinski definition) is 2. The minimum atomic E-state index is 0.554. The fraction of sp³-hybridized carbons (Fsp3) is 0.611. The lowest BCUT2D eigenvalue weighted by Gasteiger charge is -2.23. The van der Waals surface area contributed by atoms with Gasteiger partial charge in [-0.05, 0) is 56.7 Å². The van der Waals surface area contributed by atoms with Crippen LogP contribution in [-0.2, 0) is 6.42 Å². The molecule has 2 nitrogen and oxygen atoms in total. The smallest absolute Gasteiger partial charge is 0.0299 e. The summed E-state index contributed by atoms with van der Waals surface area (Å²) in [4.78, 5) is 4.21. The number of nitrogens with one attached hydrogen (secondary N) is 1. The van der Waals surface area contributed by atoms with Gasteiger partial charge in [0.1, 0.15) is 0 Å². The number of hydrogen-bond donors (Lipinski definition) is 1. The summed E-state index contributed by atoms with van der Waals surface area (Å²) in [6, 6.07) is 4.77. The summed E-state index contributed by atoms with van der Waals surface area (Å²) in [7, 11) is 0. The molecular weight excluding hydrogens is 244 g/mol. The van der Waals surface area contributed by atoms with Crippen molar-refractivity contribution in [1.82, 2.24) is 10.3 Å². The highest BCUT2D eigenvalue weighted by Gasteiger charge is 2.14. The molecule has 0 aliphatic heterocycles. The minimum absolute atomic E-state index is 0.554. The predicted octanol–water partition coefficient (Wildman–Crippen LogP) is 4.27. The fourth-order valence-corrected chi connectivity index (χ4v) is 3.05. The Labute approximate surface area is 123 Å². The summed E-state index contributed by atoms with van der Waals surface area (Å²) in [6.45, 7) is 3.26. The van der Waals surface area contributed by atoms with E-state index in [0.29, 0.717) is 6.04 Å². The van der Waals surface area contributed by atoms with Crippen LogP contribution in [0.5, 0.6) is 0 Å². The van der Waals surface area contributed by atoms with Crippen molar-refractivity contribution in [3.05, 3.63) is 41.7 Å². The first-order valence-corrected chi connectivity index (χ1v) is 8.21. The Bertz CT molecular complexity index is 397. The quantitative estimate of drug-likeness (QED) is 0.782. The van der Waals surface area contributed by atoms with Gasteiger partial charge in [0, 0.05) is 18.4 Å². The molecule has 1 atom stereocenters. The SMILES string of the molecule is CCNC(CCc1cccnc1)/C1=C/CCCCCC1. The zero-order chi connectivity index (χ0) is 14.0. The van der Waals surface area contributed by atoms with Crippen molar-refractivity contribution in [2.75, 3.05) is 6.54 Å². The summed E-state index contributed by atoms with van der Waals surface area (Å²) in [6.07, 6.45) is 16.7. The molecule has 1 aromatic rings. The second kappa shape index (κ2) is 8.91. The van der Waals surface area contributed by atoms with Gasteiger partial charge >= 0.3 is 0 Å². The largest absolute Gasteiger partial charge is 0.311 e. The molecule has 110 valence electrons. The monoisotopic (exact) mass is 272 g/mol. The van der Waals surface area contributed by atoms with E-state index in [4.69, 9.17) is 0 Å². The van der Waals surface area contributed by atoms with E-state index in [9.17, 15) is 0 Å². The van der Waals surface area contributed by atoms with Crippen molar-refractivity contribution >= 4 is 0 Å². The average Bonchev–Trinajstić information content (AvgIpc) is 2.45. The Hall–Kier alpha value is -1.15. The van der Waals surface area contributed by atoms with Crippen LogP contribution in [0, 0.1) is 0 Å². The lowest BCUT2D eigenvalue weighted by molar-refractivity contribution is 0.512. The van der Waals surface area contributed by atoms with Gasteiger partial charge in [0.05, 0.1) is 0 Å². The molecule has 1 aliphatic rings. The molecule has 0 saturated carbocycles. The van der Waals surface area contributed by atoms with Gasteiger partial charge < -0.3 is 5.32 Å². The molecule has 0 fully saturated rings. The molecule has 0 bridgehead atoms. The van der Waals surface area contributed by atoms with Crippen LogP contribution in [0.4, 0.5) is 0 Å². The van der Waals surface area contributed by atoms with Crippen molar-refractivity contribution in [1.29, 1.82) is 0 Å². The van der Waals surface area contributed by atoms with Gasteiger partial charge in [0.15, 0.2) is 0 Å². The number of pyridine rings is 1. The molecule has 1 aliphatic carbocycles. The zero-order valence-electron chi connectivity index (χ0n) is 12.8. The van der Waals surface area contributed by atoms with Crippen molar-refractivity contribution < 1.29 is 0 Å². The molecule has 0 aromatic carbocycles. The van der Waals surface area contributed by atoms with E-state index in [2.05, 4.69) is 29.4 Å². The van der Waals surface area contributed by atoms with Gasteiger partial charge in [-0.25, -0.2) is 0 Å². The normalized spacial score (nSPS) is 20.6. The maximum Gasteiger partial charge on any atom is 0.0299 e. The molecule has 1 heterocycles. The van der Waals surface area contributed by atoms with E-state index in [1.165, 1.54) is 50.5 Å². The maximum atomic E-state index is 4.21. The molecule has 2 heteroatoms. The van der Waals surface area contributed by atoms with Crippen molar-refractivity contribution in [3.8, 4) is 0 Å². The van der Waals surface area contributed by atoms with E-state index in [1.54, 1.807) is 5.57 Å². The van der Waals surface area contributed by atoms with E-state index in [0.717, 1.165) is 13.0 Å². The highest BCUT2D eigenvalue weighted by atomic mass is 14.9. The lowest BCUT2D eigenvalue weighted by Crippen LogP contribution is -2.31. The van der Waals surface area contributed by atoms with Crippen LogP contribution in [0.15, 0.2) is 36.2 Å². The van der Waals surface area contributed by atoms with E-state index in [-0.39, 0.29) is 0 Å². The van der Waals surface area contributed by atoms with Gasteiger partial charge in [-0.15, -0.1) is 0 Å². The van der Waals surface area contributed by atoms with Gasteiger partial charge in [-0.2, -0.15) is 0 Å². The lowest BCUT2D eigenvalue weighted by atomic mass is 9.91. The first-order chi connectivity index (χ1) is 9.90. The third-order valence-electron chi connectivity index (χ3n) is 4.17. The van der Waals surface area contributed by atoms with Crippen molar-refractivity contribution in [2.24, 2.45) is 0 Å². The van der Waals surface area contributed by atoms with Crippen LogP contribution in [0.1, 0.15) is 57.4 Å². The fourth-order valence-electron chi connectivity index (χ4n) is 3.05. The Balaban J connectivity index is 1.94. The van der Waals surface area contributed by atoms with Crippen molar-refractivity contribution in [3.63, 3.8) is 0 Å². The third kappa shape index (κ3) is 5.09. The number of aromatic nitrogens is 1. The Morgan fingerprint density at radius 1 is 1.25 bits per heavy atom. The molecule has 2 rings (SSSR count). The molecule has 20 heavy (non-hydrogen) atoms. The van der Waals surface area contributed by atoms with E-state index >= 15 is 0 Å². The van der Waals surface area contributed by atoms with Crippen LogP contribution in [0.25, 0.3) is 0 Å². The molecule has 0 radical (unpaired) electrons. The number of aryl methyl sites for hydroxylation is 1. The van der Waals surface area contributed by atoms with Crippen LogP contribution in [0.2, 0.25) is 0 Å². The average molecular weight is 272 g/mol. The number of allylic oxidation sites excluding steroid dienone is 1. The summed E-state index contributed by atoms with van der Waals surface area (Å²) in [5.74, 6) is 0. The van der Waals surface area contributed by atoms with Crippen molar-refractivity contribution in [2.45, 2.75) is 64.3 Å². The molecule has 1 N–H and O–H groups in total. The molecule has 1 unspecified atom stereocenters. The van der Waals surface area contributed by atoms with Gasteiger partial charge in [-0.1, -0.05) is 37.5 Å². The second-order valence-electron chi connectivity index (χ2n) is 5.74. The Morgan fingerprint density at radius 2 is 2.15 bits per heavy atom. The first kappa shape index (κ1) is 15.2. The van der Waals surface area contributed by atoms with Crippen LogP contribution in [0.3, 0.4) is 0 Å². The summed E-state index contributed by atoms with van der Waals surface area (Å²) < 4.78 is 0. The predicted molar refractivity (Wildman–Crippen MR) is 85.8 cm³/mol. The standard InChI is InChI=1S/C18H28N2/c1-2-20-18(13-12-16-9-8-14-19-15-16)17-10-6-4-3-5-7-11-17/h8-10,14-15,18,20H,2-7,11-13H2,1H3/b17-10+. The Kier molecular flexibility index (Phi) is 6.79. The highest BCUT2D eigenvalue weighted by molar-refractivity contribution is 5.14. The topological polar surface area (TPSA) is 24.9 Å². The summed E-state index contributed by atoms with van der Waals surface area (Å²) in [5.41, 5.74) is 3.00. The van der Waals surface area contributed by atoms with Gasteiger partial charge in [0.25, 0.3) is 0 Å². The third-order valence-corrected chi connectivity index (χ3v) is 4.17. The van der Waals surface area contributed by atoms with E-state index in [1.807, 2.05) is 18.5 Å². The Morgan fingerprint density at radius 3 is 2.95 bits per heavy atom.